The third-order valence-corrected chi connectivity index (χ3v) is 5.59. The molecule has 3 nitrogen and oxygen atoms in total. The maximum Gasteiger partial charge on any atom is 0.410 e. The van der Waals surface area contributed by atoms with Gasteiger partial charge in [-0.25, -0.2) is 9.18 Å². The van der Waals surface area contributed by atoms with E-state index in [1.807, 2.05) is 26.8 Å². The summed E-state index contributed by atoms with van der Waals surface area (Å²) < 4.78 is 19.7. The fraction of sp³-hybridized carbons (Fsp3) is 0.611. The summed E-state index contributed by atoms with van der Waals surface area (Å²) in [6.45, 7) is 7.11. The number of hydrogen-bond donors (Lipinski definition) is 0. The van der Waals surface area contributed by atoms with Crippen LogP contribution >= 0.6 is 15.9 Å². The zero-order valence-electron chi connectivity index (χ0n) is 13.9. The first-order chi connectivity index (χ1) is 10.7. The van der Waals surface area contributed by atoms with E-state index in [-0.39, 0.29) is 17.3 Å². The van der Waals surface area contributed by atoms with Gasteiger partial charge in [0, 0.05) is 13.1 Å². The number of likely N-dealkylation sites (tertiary alicyclic amines) is 1. The monoisotopic (exact) mass is 383 g/mol. The first-order valence-corrected chi connectivity index (χ1v) is 8.92. The third kappa shape index (κ3) is 3.54. The summed E-state index contributed by atoms with van der Waals surface area (Å²) in [5, 5.41) is 0. The lowest BCUT2D eigenvalue weighted by Gasteiger charge is -2.34. The average Bonchev–Trinajstić information content (AvgIpc) is 3.14. The van der Waals surface area contributed by atoms with E-state index in [0.717, 1.165) is 37.9 Å². The van der Waals surface area contributed by atoms with E-state index >= 15 is 0 Å². The average molecular weight is 384 g/mol. The highest BCUT2D eigenvalue weighted by Crippen LogP contribution is 2.65. The normalized spacial score (nSPS) is 23.0. The van der Waals surface area contributed by atoms with Gasteiger partial charge < -0.3 is 9.64 Å². The SMILES string of the molecule is CC(C)(C)OC(=O)N1CCC2(CC1)CC2c1ccc(Br)c(F)c1. The predicted octanol–water partition coefficient (Wildman–Crippen LogP) is 5.09. The van der Waals surface area contributed by atoms with Crippen molar-refractivity contribution in [3.63, 3.8) is 0 Å². The fourth-order valence-corrected chi connectivity index (χ4v) is 3.81. The Balaban J connectivity index is 1.60. The topological polar surface area (TPSA) is 29.5 Å². The van der Waals surface area contributed by atoms with Gasteiger partial charge >= 0.3 is 6.09 Å². The summed E-state index contributed by atoms with van der Waals surface area (Å²) in [6.07, 6.45) is 2.80. The molecule has 1 saturated heterocycles. The van der Waals surface area contributed by atoms with Crippen LogP contribution in [0.15, 0.2) is 22.7 Å². The van der Waals surface area contributed by atoms with Crippen molar-refractivity contribution in [2.75, 3.05) is 13.1 Å². The molecule has 0 radical (unpaired) electrons. The van der Waals surface area contributed by atoms with Crippen molar-refractivity contribution in [2.45, 2.75) is 51.6 Å². The van der Waals surface area contributed by atoms with E-state index < -0.39 is 5.60 Å². The number of nitrogens with zero attached hydrogens (tertiary/aromatic N) is 1. The number of halogens is 2. The number of rotatable bonds is 1. The first kappa shape index (κ1) is 16.7. The summed E-state index contributed by atoms with van der Waals surface area (Å²) >= 11 is 3.20. The number of ether oxygens (including phenoxy) is 1. The molecule has 1 spiro atoms. The second-order valence-electron chi connectivity index (χ2n) is 7.76. The lowest BCUT2D eigenvalue weighted by Crippen LogP contribution is -2.42. The van der Waals surface area contributed by atoms with Gasteiger partial charge in [0.2, 0.25) is 0 Å². The Hall–Kier alpha value is -1.10. The molecule has 23 heavy (non-hydrogen) atoms. The zero-order chi connectivity index (χ0) is 16.8. The largest absolute Gasteiger partial charge is 0.444 e. The van der Waals surface area contributed by atoms with E-state index in [1.165, 1.54) is 0 Å². The van der Waals surface area contributed by atoms with Crippen molar-refractivity contribution >= 4 is 22.0 Å². The van der Waals surface area contributed by atoms with Gasteiger partial charge in [-0.1, -0.05) is 6.07 Å². The van der Waals surface area contributed by atoms with Crippen LogP contribution in [-0.2, 0) is 4.74 Å². The Bertz CT molecular complexity index is 618. The maximum atomic E-state index is 13.7. The minimum Gasteiger partial charge on any atom is -0.444 e. The van der Waals surface area contributed by atoms with Gasteiger partial charge in [0.15, 0.2) is 0 Å². The summed E-state index contributed by atoms with van der Waals surface area (Å²) in [5.41, 5.74) is 0.874. The summed E-state index contributed by atoms with van der Waals surface area (Å²) in [6, 6.07) is 5.43. The van der Waals surface area contributed by atoms with Gasteiger partial charge in [-0.3, -0.25) is 0 Å². The number of carbonyl (C=O) groups excluding carboxylic acids is 1. The lowest BCUT2D eigenvalue weighted by molar-refractivity contribution is 0.0170. The number of piperidine rings is 1. The van der Waals surface area contributed by atoms with Crippen LogP contribution in [0.5, 0.6) is 0 Å². The molecule has 1 aromatic rings. The number of carbonyl (C=O) groups is 1. The Morgan fingerprint density at radius 2 is 2.00 bits per heavy atom. The molecular formula is C18H23BrFNO2. The van der Waals surface area contributed by atoms with Gasteiger partial charge in [-0.15, -0.1) is 0 Å². The molecule has 1 heterocycles. The molecule has 2 fully saturated rings. The highest BCUT2D eigenvalue weighted by Gasteiger charge is 2.55. The summed E-state index contributed by atoms with van der Waals surface area (Å²) in [5.74, 6) is 0.224. The van der Waals surface area contributed by atoms with Gasteiger partial charge in [-0.05, 0) is 85.0 Å². The zero-order valence-corrected chi connectivity index (χ0v) is 15.5. The van der Waals surface area contributed by atoms with Crippen molar-refractivity contribution in [1.82, 2.24) is 4.90 Å². The minimum atomic E-state index is -0.455. The Morgan fingerprint density at radius 1 is 1.35 bits per heavy atom. The van der Waals surface area contributed by atoms with Gasteiger partial charge in [-0.2, -0.15) is 0 Å². The molecule has 1 unspecified atom stereocenters. The molecule has 1 atom stereocenters. The quantitative estimate of drug-likeness (QED) is 0.675. The first-order valence-electron chi connectivity index (χ1n) is 8.13. The molecule has 2 aliphatic rings. The molecule has 1 saturated carbocycles. The number of amides is 1. The fourth-order valence-electron chi connectivity index (χ4n) is 3.56. The van der Waals surface area contributed by atoms with Crippen LogP contribution in [0, 0.1) is 11.2 Å². The summed E-state index contributed by atoms with van der Waals surface area (Å²) in [4.78, 5) is 13.9. The Morgan fingerprint density at radius 3 is 2.57 bits per heavy atom. The molecule has 3 rings (SSSR count). The molecule has 5 heteroatoms. The second-order valence-corrected chi connectivity index (χ2v) is 8.61. The van der Waals surface area contributed by atoms with Crippen LogP contribution in [0.25, 0.3) is 0 Å². The second kappa shape index (κ2) is 5.76. The van der Waals surface area contributed by atoms with Crippen molar-refractivity contribution in [3.8, 4) is 0 Å². The van der Waals surface area contributed by atoms with E-state index in [1.54, 1.807) is 17.0 Å². The van der Waals surface area contributed by atoms with Crippen LogP contribution in [-0.4, -0.2) is 29.7 Å². The van der Waals surface area contributed by atoms with Crippen molar-refractivity contribution in [3.05, 3.63) is 34.1 Å². The van der Waals surface area contributed by atoms with Crippen LogP contribution < -0.4 is 0 Å². The Labute approximate surface area is 145 Å². The standard InChI is InChI=1S/C18H23BrFNO2/c1-17(2,3)23-16(22)21-8-6-18(7-9-21)11-13(18)12-4-5-14(19)15(20)10-12/h4-5,10,13H,6-9,11H2,1-3H3. The van der Waals surface area contributed by atoms with Gasteiger partial charge in [0.1, 0.15) is 11.4 Å². The molecule has 1 aliphatic heterocycles. The van der Waals surface area contributed by atoms with E-state index in [4.69, 9.17) is 4.74 Å². The Kier molecular flexibility index (Phi) is 4.20. The van der Waals surface area contributed by atoms with Crippen molar-refractivity contribution in [1.29, 1.82) is 0 Å². The highest BCUT2D eigenvalue weighted by molar-refractivity contribution is 9.10. The van der Waals surface area contributed by atoms with E-state index in [0.29, 0.717) is 10.4 Å². The van der Waals surface area contributed by atoms with Crippen molar-refractivity contribution < 1.29 is 13.9 Å². The van der Waals surface area contributed by atoms with E-state index in [9.17, 15) is 9.18 Å². The molecule has 0 N–H and O–H groups in total. The molecule has 1 amide bonds. The molecule has 1 aromatic carbocycles. The smallest absolute Gasteiger partial charge is 0.410 e. The van der Waals surface area contributed by atoms with Crippen LogP contribution in [0.2, 0.25) is 0 Å². The van der Waals surface area contributed by atoms with Crippen molar-refractivity contribution in [2.24, 2.45) is 5.41 Å². The summed E-state index contributed by atoms with van der Waals surface area (Å²) in [7, 11) is 0. The van der Waals surface area contributed by atoms with Crippen LogP contribution in [0.4, 0.5) is 9.18 Å². The third-order valence-electron chi connectivity index (χ3n) is 4.95. The minimum absolute atomic E-state index is 0.198. The van der Waals surface area contributed by atoms with Gasteiger partial charge in [0.05, 0.1) is 4.47 Å². The number of hydrogen-bond acceptors (Lipinski definition) is 2. The molecule has 0 aromatic heterocycles. The van der Waals surface area contributed by atoms with Gasteiger partial charge in [0.25, 0.3) is 0 Å². The lowest BCUT2D eigenvalue weighted by atomic mass is 9.89. The maximum absolute atomic E-state index is 13.7. The van der Waals surface area contributed by atoms with Crippen LogP contribution in [0.1, 0.15) is 51.5 Å². The van der Waals surface area contributed by atoms with Crippen LogP contribution in [0.3, 0.4) is 0 Å². The molecular weight excluding hydrogens is 361 g/mol. The predicted molar refractivity (Wildman–Crippen MR) is 90.9 cm³/mol. The van der Waals surface area contributed by atoms with E-state index in [2.05, 4.69) is 15.9 Å². The molecule has 1 aliphatic carbocycles. The number of benzene rings is 1. The molecule has 0 bridgehead atoms. The highest BCUT2D eigenvalue weighted by atomic mass is 79.9. The molecule has 126 valence electrons.